The largest absolute Gasteiger partial charge is 0.362 e. The molecule has 0 aromatic carbocycles. The van der Waals surface area contributed by atoms with Gasteiger partial charge in [0.25, 0.3) is 0 Å². The van der Waals surface area contributed by atoms with Gasteiger partial charge in [0.2, 0.25) is 0 Å². The highest BCUT2D eigenvalue weighted by Crippen LogP contribution is 2.26. The van der Waals surface area contributed by atoms with Crippen molar-refractivity contribution >= 4 is 0 Å². The van der Waals surface area contributed by atoms with Crippen molar-refractivity contribution in [1.29, 1.82) is 0 Å². The molecule has 1 fully saturated rings. The molecule has 74 valence electrons. The number of nitrogens with one attached hydrogen (secondary N) is 1. The third-order valence-electron chi connectivity index (χ3n) is 2.40. The summed E-state index contributed by atoms with van der Waals surface area (Å²) in [6, 6.07) is 0.210. The fourth-order valence-electron chi connectivity index (χ4n) is 1.67. The summed E-state index contributed by atoms with van der Waals surface area (Å²) in [6.45, 7) is 9.78. The topological polar surface area (TPSA) is 42.7 Å². The Bertz CT molecular complexity index is 377. The molecule has 0 amide bonds. The van der Waals surface area contributed by atoms with Crippen LogP contribution in [0.3, 0.4) is 0 Å². The highest BCUT2D eigenvalue weighted by Gasteiger charge is 2.21. The van der Waals surface area contributed by atoms with Gasteiger partial charge in [-0.2, -0.15) is 0 Å². The van der Waals surface area contributed by atoms with Gasteiger partial charge in [0.1, 0.15) is 0 Å². The van der Waals surface area contributed by atoms with Crippen LogP contribution in [0.25, 0.3) is 0 Å². The SMILES string of the molecule is C=C1CCC(n2cc(C)nn2)C(=C)N1. The van der Waals surface area contributed by atoms with Gasteiger partial charge >= 0.3 is 0 Å². The minimum absolute atomic E-state index is 0.210. The molecule has 1 saturated heterocycles. The summed E-state index contributed by atoms with van der Waals surface area (Å²) in [5.41, 5.74) is 2.91. The number of nitrogens with zero attached hydrogens (tertiary/aromatic N) is 3. The molecular weight excluding hydrogens is 176 g/mol. The zero-order valence-corrected chi connectivity index (χ0v) is 8.32. The zero-order valence-electron chi connectivity index (χ0n) is 8.32. The summed E-state index contributed by atoms with van der Waals surface area (Å²) in [6.07, 6.45) is 3.89. The summed E-state index contributed by atoms with van der Waals surface area (Å²) in [7, 11) is 0. The number of aryl methyl sites for hydroxylation is 1. The second-order valence-electron chi connectivity index (χ2n) is 3.65. The van der Waals surface area contributed by atoms with E-state index >= 15 is 0 Å². The van der Waals surface area contributed by atoms with E-state index in [0.29, 0.717) is 0 Å². The van der Waals surface area contributed by atoms with Crippen LogP contribution in [0, 0.1) is 6.92 Å². The first kappa shape index (κ1) is 8.99. The number of rotatable bonds is 1. The van der Waals surface area contributed by atoms with Gasteiger partial charge in [-0.1, -0.05) is 18.4 Å². The average molecular weight is 190 g/mol. The minimum Gasteiger partial charge on any atom is -0.362 e. The summed E-state index contributed by atoms with van der Waals surface area (Å²) < 4.78 is 1.86. The van der Waals surface area contributed by atoms with E-state index in [1.54, 1.807) is 0 Å². The van der Waals surface area contributed by atoms with Gasteiger partial charge in [0.05, 0.1) is 11.7 Å². The Hall–Kier alpha value is -1.58. The molecule has 0 aliphatic carbocycles. The van der Waals surface area contributed by atoms with Crippen molar-refractivity contribution in [1.82, 2.24) is 20.3 Å². The van der Waals surface area contributed by atoms with Crippen LogP contribution < -0.4 is 5.32 Å². The lowest BCUT2D eigenvalue weighted by molar-refractivity contribution is 0.423. The number of allylic oxidation sites excluding steroid dienone is 2. The molecule has 1 aromatic rings. The summed E-state index contributed by atoms with van der Waals surface area (Å²) in [5.74, 6) is 0. The van der Waals surface area contributed by atoms with Gasteiger partial charge in [-0.25, -0.2) is 4.68 Å². The second kappa shape index (κ2) is 3.29. The van der Waals surface area contributed by atoms with Crippen LogP contribution in [0.2, 0.25) is 0 Å². The summed E-state index contributed by atoms with van der Waals surface area (Å²) in [4.78, 5) is 0. The summed E-state index contributed by atoms with van der Waals surface area (Å²) in [5, 5.41) is 11.2. The van der Waals surface area contributed by atoms with Gasteiger partial charge in [0.15, 0.2) is 0 Å². The molecular formula is C10H14N4. The van der Waals surface area contributed by atoms with Crippen molar-refractivity contribution in [3.05, 3.63) is 36.4 Å². The van der Waals surface area contributed by atoms with Crippen LogP contribution in [0.4, 0.5) is 0 Å². The molecule has 4 nitrogen and oxygen atoms in total. The van der Waals surface area contributed by atoms with Gasteiger partial charge in [-0.3, -0.25) is 0 Å². The maximum atomic E-state index is 4.05. The Morgan fingerprint density at radius 1 is 1.57 bits per heavy atom. The highest BCUT2D eigenvalue weighted by atomic mass is 15.4. The molecule has 0 spiro atoms. The number of hydrogen-bond acceptors (Lipinski definition) is 3. The van der Waals surface area contributed by atoms with Crippen LogP contribution in [0.5, 0.6) is 0 Å². The number of piperidine rings is 1. The van der Waals surface area contributed by atoms with E-state index in [9.17, 15) is 0 Å². The molecule has 2 rings (SSSR count). The van der Waals surface area contributed by atoms with E-state index in [0.717, 1.165) is 29.9 Å². The van der Waals surface area contributed by atoms with E-state index in [-0.39, 0.29) is 6.04 Å². The van der Waals surface area contributed by atoms with E-state index in [2.05, 4.69) is 28.8 Å². The van der Waals surface area contributed by atoms with Crippen molar-refractivity contribution in [3.8, 4) is 0 Å². The molecule has 0 saturated carbocycles. The van der Waals surface area contributed by atoms with Crippen LogP contribution in [0.1, 0.15) is 24.6 Å². The molecule has 14 heavy (non-hydrogen) atoms. The standard InChI is InChI=1S/C10H14N4/c1-7-4-5-10(9(3)11-7)14-6-8(2)12-13-14/h6,10-11H,1,3-5H2,2H3. The molecule has 1 N–H and O–H groups in total. The van der Waals surface area contributed by atoms with Crippen LogP contribution >= 0.6 is 0 Å². The lowest BCUT2D eigenvalue weighted by Crippen LogP contribution is -2.27. The molecule has 1 aliphatic rings. The van der Waals surface area contributed by atoms with Crippen molar-refractivity contribution in [3.63, 3.8) is 0 Å². The second-order valence-corrected chi connectivity index (χ2v) is 3.65. The van der Waals surface area contributed by atoms with Crippen LogP contribution in [-0.4, -0.2) is 15.0 Å². The molecule has 1 atom stereocenters. The van der Waals surface area contributed by atoms with Crippen LogP contribution in [-0.2, 0) is 0 Å². The zero-order chi connectivity index (χ0) is 10.1. The maximum Gasteiger partial charge on any atom is 0.0932 e. The average Bonchev–Trinajstić information content (AvgIpc) is 2.51. The van der Waals surface area contributed by atoms with Crippen molar-refractivity contribution in [2.45, 2.75) is 25.8 Å². The first-order chi connectivity index (χ1) is 6.66. The first-order valence-electron chi connectivity index (χ1n) is 4.69. The van der Waals surface area contributed by atoms with Gasteiger partial charge in [-0.05, 0) is 19.8 Å². The monoisotopic (exact) mass is 190 g/mol. The van der Waals surface area contributed by atoms with E-state index in [1.807, 2.05) is 17.8 Å². The molecule has 1 unspecified atom stereocenters. The quantitative estimate of drug-likeness (QED) is 0.730. The fourth-order valence-corrected chi connectivity index (χ4v) is 1.67. The smallest absolute Gasteiger partial charge is 0.0932 e. The van der Waals surface area contributed by atoms with Gasteiger partial charge < -0.3 is 5.32 Å². The highest BCUT2D eigenvalue weighted by molar-refractivity contribution is 5.15. The third kappa shape index (κ3) is 1.55. The molecule has 1 aliphatic heterocycles. The molecule has 1 aromatic heterocycles. The van der Waals surface area contributed by atoms with Gasteiger partial charge in [0, 0.05) is 17.6 Å². The third-order valence-corrected chi connectivity index (χ3v) is 2.40. The summed E-state index contributed by atoms with van der Waals surface area (Å²) >= 11 is 0. The Morgan fingerprint density at radius 2 is 2.36 bits per heavy atom. The lowest BCUT2D eigenvalue weighted by atomic mass is 10.0. The fraction of sp³-hybridized carbons (Fsp3) is 0.400. The van der Waals surface area contributed by atoms with Crippen molar-refractivity contribution in [2.75, 3.05) is 0 Å². The Kier molecular flexibility index (Phi) is 2.11. The molecule has 0 radical (unpaired) electrons. The van der Waals surface area contributed by atoms with Gasteiger partial charge in [-0.15, -0.1) is 5.10 Å². The predicted molar refractivity (Wildman–Crippen MR) is 54.4 cm³/mol. The number of aromatic nitrogens is 3. The molecule has 4 heteroatoms. The van der Waals surface area contributed by atoms with Crippen molar-refractivity contribution in [2.24, 2.45) is 0 Å². The first-order valence-corrected chi connectivity index (χ1v) is 4.69. The normalized spacial score (nSPS) is 22.2. The van der Waals surface area contributed by atoms with E-state index < -0.39 is 0 Å². The van der Waals surface area contributed by atoms with Crippen molar-refractivity contribution < 1.29 is 0 Å². The molecule has 0 bridgehead atoms. The number of hydrogen-bond donors (Lipinski definition) is 1. The van der Waals surface area contributed by atoms with E-state index in [1.165, 1.54) is 0 Å². The maximum absolute atomic E-state index is 4.05. The predicted octanol–water partition coefficient (Wildman–Crippen LogP) is 1.54. The Labute approximate surface area is 83.3 Å². The Morgan fingerprint density at radius 3 is 2.93 bits per heavy atom. The Balaban J connectivity index is 2.19. The lowest BCUT2D eigenvalue weighted by Gasteiger charge is -2.27. The minimum atomic E-state index is 0.210. The van der Waals surface area contributed by atoms with E-state index in [4.69, 9.17) is 0 Å². The molecule has 2 heterocycles. The van der Waals surface area contributed by atoms with Crippen LogP contribution in [0.15, 0.2) is 30.7 Å².